The molecular formula is C13H12ClF2NO. The maximum Gasteiger partial charge on any atom is 0.160 e. The van der Waals surface area contributed by atoms with Gasteiger partial charge in [-0.2, -0.15) is 0 Å². The lowest BCUT2D eigenvalue weighted by atomic mass is 10.0. The molecule has 2 rings (SSSR count). The van der Waals surface area contributed by atoms with E-state index in [0.717, 1.165) is 17.7 Å². The fourth-order valence-electron chi connectivity index (χ4n) is 1.81. The Kier molecular flexibility index (Phi) is 3.99. The quantitative estimate of drug-likeness (QED) is 0.853. The van der Waals surface area contributed by atoms with E-state index in [0.29, 0.717) is 12.1 Å². The van der Waals surface area contributed by atoms with Gasteiger partial charge in [-0.3, -0.25) is 0 Å². The molecule has 0 amide bonds. The van der Waals surface area contributed by atoms with Gasteiger partial charge in [0.15, 0.2) is 11.6 Å². The van der Waals surface area contributed by atoms with Gasteiger partial charge in [-0.1, -0.05) is 18.5 Å². The van der Waals surface area contributed by atoms with E-state index in [1.165, 1.54) is 6.26 Å². The van der Waals surface area contributed by atoms with Gasteiger partial charge in [-0.05, 0) is 30.3 Å². The number of hydrogen-bond acceptors (Lipinski definition) is 2. The molecule has 1 aromatic carbocycles. The first-order valence-corrected chi connectivity index (χ1v) is 5.91. The van der Waals surface area contributed by atoms with Gasteiger partial charge in [-0.15, -0.1) is 0 Å². The molecule has 5 heteroatoms. The van der Waals surface area contributed by atoms with Crippen molar-refractivity contribution in [3.8, 4) is 0 Å². The first kappa shape index (κ1) is 13.1. The summed E-state index contributed by atoms with van der Waals surface area (Å²) in [6, 6.07) is 3.52. The number of furan rings is 1. The number of nitrogens with one attached hydrogen (secondary N) is 1. The maximum atomic E-state index is 13.3. The molecule has 1 N–H and O–H groups in total. The lowest BCUT2D eigenvalue weighted by molar-refractivity contribution is 0.503. The molecule has 0 spiro atoms. The highest BCUT2D eigenvalue weighted by Crippen LogP contribution is 2.30. The second-order valence-electron chi connectivity index (χ2n) is 3.84. The normalized spacial score (nSPS) is 12.7. The maximum absolute atomic E-state index is 13.3. The Labute approximate surface area is 109 Å². The van der Waals surface area contributed by atoms with Gasteiger partial charge >= 0.3 is 0 Å². The van der Waals surface area contributed by atoms with Gasteiger partial charge < -0.3 is 9.73 Å². The summed E-state index contributed by atoms with van der Waals surface area (Å²) in [6.07, 6.45) is 3.07. The summed E-state index contributed by atoms with van der Waals surface area (Å²) in [5, 5.41) is 3.34. The summed E-state index contributed by atoms with van der Waals surface area (Å²) < 4.78 is 31.4. The van der Waals surface area contributed by atoms with E-state index >= 15 is 0 Å². The van der Waals surface area contributed by atoms with Crippen molar-refractivity contribution >= 4 is 11.6 Å². The number of rotatable bonds is 4. The van der Waals surface area contributed by atoms with E-state index < -0.39 is 11.6 Å². The van der Waals surface area contributed by atoms with E-state index in [2.05, 4.69) is 5.32 Å². The summed E-state index contributed by atoms with van der Waals surface area (Å²) in [4.78, 5) is 0. The van der Waals surface area contributed by atoms with Crippen LogP contribution in [0.2, 0.25) is 5.02 Å². The molecule has 0 aliphatic rings. The van der Waals surface area contributed by atoms with Crippen LogP contribution in [0.3, 0.4) is 0 Å². The van der Waals surface area contributed by atoms with Gasteiger partial charge in [0.25, 0.3) is 0 Å². The largest absolute Gasteiger partial charge is 0.472 e. The van der Waals surface area contributed by atoms with Crippen molar-refractivity contribution in [2.75, 3.05) is 6.54 Å². The molecule has 0 saturated carbocycles. The Morgan fingerprint density at radius 3 is 2.67 bits per heavy atom. The molecule has 0 aliphatic carbocycles. The van der Waals surface area contributed by atoms with Crippen molar-refractivity contribution in [2.24, 2.45) is 0 Å². The Bertz CT molecular complexity index is 528. The Morgan fingerprint density at radius 2 is 2.06 bits per heavy atom. The molecule has 96 valence electrons. The zero-order chi connectivity index (χ0) is 13.1. The molecule has 0 saturated heterocycles. The predicted molar refractivity (Wildman–Crippen MR) is 65.6 cm³/mol. The molecule has 1 atom stereocenters. The van der Waals surface area contributed by atoms with Gasteiger partial charge in [0.05, 0.1) is 18.6 Å². The summed E-state index contributed by atoms with van der Waals surface area (Å²) in [5.41, 5.74) is 1.29. The lowest BCUT2D eigenvalue weighted by Crippen LogP contribution is -2.22. The first-order chi connectivity index (χ1) is 8.63. The van der Waals surface area contributed by atoms with E-state index in [-0.39, 0.29) is 11.1 Å². The van der Waals surface area contributed by atoms with Crippen LogP contribution in [0.1, 0.15) is 24.1 Å². The van der Waals surface area contributed by atoms with E-state index in [4.69, 9.17) is 16.0 Å². The van der Waals surface area contributed by atoms with E-state index in [1.54, 1.807) is 12.3 Å². The topological polar surface area (TPSA) is 25.2 Å². The van der Waals surface area contributed by atoms with Crippen LogP contribution in [0.5, 0.6) is 0 Å². The fraction of sp³-hybridized carbons (Fsp3) is 0.231. The third-order valence-electron chi connectivity index (χ3n) is 2.64. The molecule has 0 bridgehead atoms. The molecular weight excluding hydrogens is 260 g/mol. The van der Waals surface area contributed by atoms with Crippen molar-refractivity contribution in [1.82, 2.24) is 5.32 Å². The zero-order valence-corrected chi connectivity index (χ0v) is 10.5. The van der Waals surface area contributed by atoms with Crippen LogP contribution in [-0.2, 0) is 0 Å². The molecule has 1 heterocycles. The molecule has 1 aromatic heterocycles. The minimum Gasteiger partial charge on any atom is -0.472 e. The smallest absolute Gasteiger partial charge is 0.160 e. The minimum atomic E-state index is -0.953. The molecule has 1 unspecified atom stereocenters. The fourth-order valence-corrected chi connectivity index (χ4v) is 2.07. The van der Waals surface area contributed by atoms with E-state index in [9.17, 15) is 8.78 Å². The summed E-state index contributed by atoms with van der Waals surface area (Å²) >= 11 is 5.97. The van der Waals surface area contributed by atoms with Crippen molar-refractivity contribution in [2.45, 2.75) is 13.0 Å². The highest BCUT2D eigenvalue weighted by atomic mass is 35.5. The van der Waals surface area contributed by atoms with Crippen LogP contribution < -0.4 is 5.32 Å². The third kappa shape index (κ3) is 2.54. The van der Waals surface area contributed by atoms with Crippen LogP contribution in [0.15, 0.2) is 35.1 Å². The van der Waals surface area contributed by atoms with Crippen molar-refractivity contribution in [3.05, 3.63) is 58.5 Å². The Morgan fingerprint density at radius 1 is 1.33 bits per heavy atom. The number of benzene rings is 1. The molecule has 0 fully saturated rings. The summed E-state index contributed by atoms with van der Waals surface area (Å²) in [7, 11) is 0. The first-order valence-electron chi connectivity index (χ1n) is 5.53. The molecule has 2 aromatic rings. The van der Waals surface area contributed by atoms with Crippen LogP contribution in [0, 0.1) is 11.6 Å². The molecule has 18 heavy (non-hydrogen) atoms. The predicted octanol–water partition coefficient (Wildman–Crippen LogP) is 3.91. The third-order valence-corrected chi connectivity index (χ3v) is 2.96. The highest BCUT2D eigenvalue weighted by Gasteiger charge is 2.19. The van der Waals surface area contributed by atoms with Gasteiger partial charge in [-0.25, -0.2) is 8.78 Å². The Hall–Kier alpha value is -1.39. The number of halogens is 3. The van der Waals surface area contributed by atoms with Gasteiger partial charge in [0, 0.05) is 10.6 Å². The molecule has 0 radical (unpaired) electrons. The van der Waals surface area contributed by atoms with Crippen LogP contribution in [-0.4, -0.2) is 6.54 Å². The van der Waals surface area contributed by atoms with Gasteiger partial charge in [0.1, 0.15) is 0 Å². The van der Waals surface area contributed by atoms with Crippen LogP contribution in [0.4, 0.5) is 8.78 Å². The second kappa shape index (κ2) is 5.50. The van der Waals surface area contributed by atoms with Gasteiger partial charge in [0.2, 0.25) is 0 Å². The van der Waals surface area contributed by atoms with Crippen molar-refractivity contribution in [1.29, 1.82) is 0 Å². The average Bonchev–Trinajstić information content (AvgIpc) is 2.85. The second-order valence-corrected chi connectivity index (χ2v) is 4.24. The van der Waals surface area contributed by atoms with Crippen LogP contribution >= 0.6 is 11.6 Å². The number of hydrogen-bond donors (Lipinski definition) is 1. The standard InChI is InChI=1S/C13H12ClF2NO/c1-2-17-13(8-3-4-18-7-8)9-5-11(15)12(16)6-10(9)14/h3-7,13,17H,2H2,1H3. The molecule has 2 nitrogen and oxygen atoms in total. The lowest BCUT2D eigenvalue weighted by Gasteiger charge is -2.18. The van der Waals surface area contributed by atoms with Crippen LogP contribution in [0.25, 0.3) is 0 Å². The van der Waals surface area contributed by atoms with E-state index in [1.807, 2.05) is 6.92 Å². The monoisotopic (exact) mass is 271 g/mol. The van der Waals surface area contributed by atoms with Crippen molar-refractivity contribution < 1.29 is 13.2 Å². The van der Waals surface area contributed by atoms with Crippen molar-refractivity contribution in [3.63, 3.8) is 0 Å². The minimum absolute atomic E-state index is 0.182. The zero-order valence-electron chi connectivity index (χ0n) is 9.71. The Balaban J connectivity index is 2.46. The summed E-state index contributed by atoms with van der Waals surface area (Å²) in [5.74, 6) is -1.87. The molecule has 0 aliphatic heterocycles. The highest BCUT2D eigenvalue weighted by molar-refractivity contribution is 6.31. The summed E-state index contributed by atoms with van der Waals surface area (Å²) in [6.45, 7) is 2.58. The average molecular weight is 272 g/mol. The SMILES string of the molecule is CCNC(c1ccoc1)c1cc(F)c(F)cc1Cl.